The van der Waals surface area contributed by atoms with E-state index in [9.17, 15) is 13.2 Å². The average molecular weight is 497 g/mol. The molecule has 0 spiro atoms. The van der Waals surface area contributed by atoms with Gasteiger partial charge in [0, 0.05) is 69.0 Å². The molecule has 1 fully saturated rings. The highest BCUT2D eigenvalue weighted by Crippen LogP contribution is 2.34. The van der Waals surface area contributed by atoms with Gasteiger partial charge in [0.15, 0.2) is 0 Å². The molecule has 188 valence electrons. The highest BCUT2D eigenvalue weighted by Gasteiger charge is 2.33. The second-order valence-corrected chi connectivity index (χ2v) is 8.95. The maximum Gasteiger partial charge on any atom is 0.433 e. The van der Waals surface area contributed by atoms with E-state index in [1.807, 2.05) is 43.3 Å². The van der Waals surface area contributed by atoms with Gasteiger partial charge in [0.2, 0.25) is 0 Å². The number of nitrogens with zero attached hydrogens (tertiary/aromatic N) is 5. The van der Waals surface area contributed by atoms with Gasteiger partial charge < -0.3 is 9.84 Å². The van der Waals surface area contributed by atoms with Gasteiger partial charge in [-0.3, -0.25) is 9.80 Å². The van der Waals surface area contributed by atoms with Crippen molar-refractivity contribution in [3.63, 3.8) is 0 Å². The summed E-state index contributed by atoms with van der Waals surface area (Å²) in [4.78, 5) is 13.2. The van der Waals surface area contributed by atoms with Gasteiger partial charge in [-0.2, -0.15) is 13.2 Å². The first kappa shape index (κ1) is 24.2. The summed E-state index contributed by atoms with van der Waals surface area (Å²) in [6.45, 7) is 7.81. The molecule has 0 amide bonds. The highest BCUT2D eigenvalue weighted by molar-refractivity contribution is 5.99. The van der Waals surface area contributed by atoms with E-state index in [1.54, 1.807) is 6.20 Å². The van der Waals surface area contributed by atoms with Crippen LogP contribution in [0.4, 0.5) is 19.0 Å². The normalized spacial score (nSPS) is 15.4. The number of pyridine rings is 2. The molecule has 5 rings (SSSR count). The first-order valence-electron chi connectivity index (χ1n) is 11.9. The number of halogens is 3. The van der Waals surface area contributed by atoms with Crippen molar-refractivity contribution in [2.24, 2.45) is 0 Å². The Balaban J connectivity index is 1.25. The van der Waals surface area contributed by atoms with Crippen LogP contribution in [-0.4, -0.2) is 64.2 Å². The van der Waals surface area contributed by atoms with Gasteiger partial charge in [-0.15, -0.1) is 0 Å². The van der Waals surface area contributed by atoms with Gasteiger partial charge in [-0.25, -0.2) is 9.97 Å². The Morgan fingerprint density at radius 3 is 2.44 bits per heavy atom. The van der Waals surface area contributed by atoms with Crippen LogP contribution in [0, 0.1) is 6.92 Å². The van der Waals surface area contributed by atoms with Gasteiger partial charge in [0.25, 0.3) is 0 Å². The summed E-state index contributed by atoms with van der Waals surface area (Å²) in [6, 6.07) is 13.7. The van der Waals surface area contributed by atoms with Crippen molar-refractivity contribution in [2.75, 3.05) is 44.6 Å². The molecule has 1 N–H and O–H groups in total. The van der Waals surface area contributed by atoms with Crippen molar-refractivity contribution in [3.05, 3.63) is 71.9 Å². The summed E-state index contributed by atoms with van der Waals surface area (Å²) in [7, 11) is 0. The lowest BCUT2D eigenvalue weighted by atomic mass is 10.0. The Bertz CT molecular complexity index is 1320. The molecule has 1 aliphatic heterocycles. The second-order valence-electron chi connectivity index (χ2n) is 8.95. The van der Waals surface area contributed by atoms with Crippen molar-refractivity contribution in [1.82, 2.24) is 24.9 Å². The third kappa shape index (κ3) is 5.50. The SMILES string of the molecule is Cc1cc(CN2CCN(CCNc3ncc(-c4ccccc4)c4nc(C(F)(F)F)ccc34)CC2)no1. The van der Waals surface area contributed by atoms with Gasteiger partial charge >= 0.3 is 6.18 Å². The van der Waals surface area contributed by atoms with Crippen LogP contribution in [0.15, 0.2) is 59.3 Å². The lowest BCUT2D eigenvalue weighted by Crippen LogP contribution is -2.47. The molecule has 1 aromatic carbocycles. The molecule has 4 aromatic rings. The number of benzene rings is 1. The largest absolute Gasteiger partial charge is 0.433 e. The fraction of sp³-hybridized carbons (Fsp3) is 0.346. The number of hydrogen-bond acceptors (Lipinski definition) is 7. The van der Waals surface area contributed by atoms with Gasteiger partial charge in [0.1, 0.15) is 17.3 Å². The minimum absolute atomic E-state index is 0.283. The second kappa shape index (κ2) is 10.2. The number of alkyl halides is 3. The van der Waals surface area contributed by atoms with Crippen LogP contribution >= 0.6 is 0 Å². The van der Waals surface area contributed by atoms with Crippen molar-refractivity contribution in [1.29, 1.82) is 0 Å². The van der Waals surface area contributed by atoms with Gasteiger partial charge in [-0.05, 0) is 24.6 Å². The van der Waals surface area contributed by atoms with E-state index in [1.165, 1.54) is 6.07 Å². The zero-order chi connectivity index (χ0) is 25.1. The van der Waals surface area contributed by atoms with E-state index in [0.717, 1.165) is 62.4 Å². The predicted molar refractivity (Wildman–Crippen MR) is 131 cm³/mol. The molecule has 0 bridgehead atoms. The molecule has 0 atom stereocenters. The molecule has 0 saturated carbocycles. The molecule has 0 radical (unpaired) electrons. The molecule has 1 saturated heterocycles. The third-order valence-electron chi connectivity index (χ3n) is 6.35. The summed E-state index contributed by atoms with van der Waals surface area (Å²) < 4.78 is 45.3. The van der Waals surface area contributed by atoms with E-state index in [2.05, 4.69) is 30.2 Å². The number of piperazine rings is 1. The van der Waals surface area contributed by atoms with E-state index in [0.29, 0.717) is 23.3 Å². The first-order valence-corrected chi connectivity index (χ1v) is 11.9. The topological polar surface area (TPSA) is 70.3 Å². The number of nitrogens with one attached hydrogen (secondary N) is 1. The Hall–Kier alpha value is -3.50. The summed E-state index contributed by atoms with van der Waals surface area (Å²) >= 11 is 0. The molecule has 1 aliphatic rings. The summed E-state index contributed by atoms with van der Waals surface area (Å²) in [5, 5.41) is 7.95. The van der Waals surface area contributed by atoms with Crippen LogP contribution < -0.4 is 5.32 Å². The molecular weight excluding hydrogens is 469 g/mol. The van der Waals surface area contributed by atoms with Crippen molar-refractivity contribution in [3.8, 4) is 11.1 Å². The van der Waals surface area contributed by atoms with E-state index in [-0.39, 0.29) is 5.52 Å². The zero-order valence-corrected chi connectivity index (χ0v) is 19.9. The van der Waals surface area contributed by atoms with E-state index < -0.39 is 11.9 Å². The monoisotopic (exact) mass is 496 g/mol. The number of rotatable bonds is 7. The molecule has 3 aromatic heterocycles. The fourth-order valence-corrected chi connectivity index (χ4v) is 4.47. The molecule has 10 heteroatoms. The standard InChI is InChI=1S/C26H27F3N6O/c1-18-15-20(33-36-18)17-35-13-11-34(12-14-35)10-9-30-25-21-7-8-23(26(27,28)29)32-24(21)22(16-31-25)19-5-3-2-4-6-19/h2-8,15-16H,9-14,17H2,1H3,(H,30,31). The molecule has 4 heterocycles. The molecule has 7 nitrogen and oxygen atoms in total. The van der Waals surface area contributed by atoms with Crippen molar-refractivity contribution < 1.29 is 17.7 Å². The molecular formula is C26H27F3N6O. The van der Waals surface area contributed by atoms with E-state index >= 15 is 0 Å². The van der Waals surface area contributed by atoms with Crippen LogP contribution in [0.3, 0.4) is 0 Å². The van der Waals surface area contributed by atoms with Crippen LogP contribution in [0.25, 0.3) is 22.0 Å². The Morgan fingerprint density at radius 1 is 1.00 bits per heavy atom. The Kier molecular flexibility index (Phi) is 6.88. The minimum Gasteiger partial charge on any atom is -0.368 e. The minimum atomic E-state index is -4.52. The van der Waals surface area contributed by atoms with Crippen LogP contribution in [0.2, 0.25) is 0 Å². The number of fused-ring (bicyclic) bond motifs is 1. The fourth-order valence-electron chi connectivity index (χ4n) is 4.47. The smallest absolute Gasteiger partial charge is 0.368 e. The zero-order valence-electron chi connectivity index (χ0n) is 19.9. The first-order chi connectivity index (χ1) is 17.4. The summed E-state index contributed by atoms with van der Waals surface area (Å²) in [5.74, 6) is 1.35. The number of hydrogen-bond donors (Lipinski definition) is 1. The maximum absolute atomic E-state index is 13.4. The van der Waals surface area contributed by atoms with Crippen molar-refractivity contribution in [2.45, 2.75) is 19.6 Å². The number of aromatic nitrogens is 3. The molecule has 36 heavy (non-hydrogen) atoms. The predicted octanol–water partition coefficient (Wildman–Crippen LogP) is 4.84. The number of anilines is 1. The van der Waals surface area contributed by atoms with Gasteiger partial charge in [-0.1, -0.05) is 35.5 Å². The number of aryl methyl sites for hydroxylation is 1. The van der Waals surface area contributed by atoms with Crippen molar-refractivity contribution >= 4 is 16.7 Å². The molecule has 0 unspecified atom stereocenters. The highest BCUT2D eigenvalue weighted by atomic mass is 19.4. The Morgan fingerprint density at radius 2 is 1.75 bits per heavy atom. The Labute approximate surface area is 206 Å². The molecule has 0 aliphatic carbocycles. The van der Waals surface area contributed by atoms with E-state index in [4.69, 9.17) is 4.52 Å². The lowest BCUT2D eigenvalue weighted by molar-refractivity contribution is -0.140. The van der Waals surface area contributed by atoms with Crippen LogP contribution in [-0.2, 0) is 12.7 Å². The average Bonchev–Trinajstić information content (AvgIpc) is 3.29. The third-order valence-corrected chi connectivity index (χ3v) is 6.35. The summed E-state index contributed by atoms with van der Waals surface area (Å²) in [5.41, 5.74) is 1.66. The summed E-state index contributed by atoms with van der Waals surface area (Å²) in [6.07, 6.45) is -2.93. The van der Waals surface area contributed by atoms with Crippen LogP contribution in [0.5, 0.6) is 0 Å². The van der Waals surface area contributed by atoms with Crippen LogP contribution in [0.1, 0.15) is 17.1 Å². The van der Waals surface area contributed by atoms with Gasteiger partial charge in [0.05, 0.1) is 11.2 Å². The quantitative estimate of drug-likeness (QED) is 0.393. The maximum atomic E-state index is 13.4. The lowest BCUT2D eigenvalue weighted by Gasteiger charge is -2.34.